The number of aryl methyl sites for hydroxylation is 1. The lowest BCUT2D eigenvalue weighted by atomic mass is 9.89. The van der Waals surface area contributed by atoms with Crippen molar-refractivity contribution in [2.45, 2.75) is 18.9 Å². The molecular weight excluding hydrogens is 362 g/mol. The van der Waals surface area contributed by atoms with Crippen molar-refractivity contribution in [1.29, 1.82) is 0 Å². The summed E-state index contributed by atoms with van der Waals surface area (Å²) in [4.78, 5) is 15.0. The summed E-state index contributed by atoms with van der Waals surface area (Å²) in [5.41, 5.74) is 1.47. The number of halogens is 2. The lowest BCUT2D eigenvalue weighted by Crippen LogP contribution is -2.34. The quantitative estimate of drug-likeness (QED) is 0.857. The average molecular weight is 386 g/mol. The molecule has 0 aromatic heterocycles. The summed E-state index contributed by atoms with van der Waals surface area (Å²) in [7, 11) is 1.63. The molecule has 2 aromatic rings. The Morgan fingerprint density at radius 3 is 2.68 bits per heavy atom. The Balaban J connectivity index is 1.51. The van der Waals surface area contributed by atoms with Gasteiger partial charge in [-0.2, -0.15) is 0 Å². The van der Waals surface area contributed by atoms with E-state index in [1.165, 1.54) is 12.1 Å². The van der Waals surface area contributed by atoms with Crippen molar-refractivity contribution >= 4 is 5.91 Å². The van der Waals surface area contributed by atoms with Gasteiger partial charge in [-0.05, 0) is 41.7 Å². The molecule has 0 aliphatic carbocycles. The van der Waals surface area contributed by atoms with Crippen LogP contribution in [-0.4, -0.2) is 37.6 Å². The first-order valence-electron chi connectivity index (χ1n) is 9.65. The van der Waals surface area contributed by atoms with Gasteiger partial charge in [-0.1, -0.05) is 18.2 Å². The number of amides is 1. The zero-order chi connectivity index (χ0) is 19.7. The molecule has 148 valence electrons. The Morgan fingerprint density at radius 2 is 1.96 bits per heavy atom. The van der Waals surface area contributed by atoms with E-state index in [0.717, 1.165) is 30.5 Å². The fourth-order valence-corrected chi connectivity index (χ4v) is 4.51. The van der Waals surface area contributed by atoms with Crippen LogP contribution in [0.5, 0.6) is 5.75 Å². The van der Waals surface area contributed by atoms with E-state index in [9.17, 15) is 13.6 Å². The molecule has 2 fully saturated rings. The first-order valence-corrected chi connectivity index (χ1v) is 9.65. The molecule has 4 nitrogen and oxygen atoms in total. The number of methoxy groups -OCH3 is 1. The van der Waals surface area contributed by atoms with Crippen LogP contribution in [0.3, 0.4) is 0 Å². The van der Waals surface area contributed by atoms with Gasteiger partial charge >= 0.3 is 0 Å². The Bertz CT molecular complexity index is 856. The van der Waals surface area contributed by atoms with Gasteiger partial charge in [0.15, 0.2) is 0 Å². The second-order valence-corrected chi connectivity index (χ2v) is 7.58. The van der Waals surface area contributed by atoms with Crippen molar-refractivity contribution in [3.05, 3.63) is 65.2 Å². The molecule has 1 N–H and O–H groups in total. The smallest absolute Gasteiger partial charge is 0.223 e. The minimum atomic E-state index is -0.605. The average Bonchev–Trinajstić information content (AvgIpc) is 3.28. The van der Waals surface area contributed by atoms with Crippen LogP contribution >= 0.6 is 0 Å². The maximum Gasteiger partial charge on any atom is 0.223 e. The molecule has 3 atom stereocenters. The molecule has 0 saturated carbocycles. The van der Waals surface area contributed by atoms with Crippen LogP contribution in [0.2, 0.25) is 0 Å². The van der Waals surface area contributed by atoms with Crippen molar-refractivity contribution in [3.8, 4) is 5.75 Å². The summed E-state index contributed by atoms with van der Waals surface area (Å²) in [5.74, 6) is 0.402. The van der Waals surface area contributed by atoms with Gasteiger partial charge in [0.1, 0.15) is 17.4 Å². The molecule has 2 aliphatic rings. The van der Waals surface area contributed by atoms with Crippen LogP contribution in [0.15, 0.2) is 42.5 Å². The Morgan fingerprint density at radius 1 is 1.18 bits per heavy atom. The van der Waals surface area contributed by atoms with E-state index in [0.29, 0.717) is 23.9 Å². The van der Waals surface area contributed by atoms with E-state index in [4.69, 9.17) is 4.74 Å². The Hall–Kier alpha value is -2.47. The van der Waals surface area contributed by atoms with Crippen LogP contribution in [0, 0.1) is 23.5 Å². The third-order valence-electron chi connectivity index (χ3n) is 5.97. The number of ether oxygens (including phenoxy) is 1. The van der Waals surface area contributed by atoms with Crippen LogP contribution in [-0.2, 0) is 11.2 Å². The number of hydrogen-bond acceptors (Lipinski definition) is 3. The molecule has 0 bridgehead atoms. The number of benzene rings is 2. The summed E-state index contributed by atoms with van der Waals surface area (Å²) in [6, 6.07) is 11.4. The third kappa shape index (κ3) is 3.61. The number of nitrogens with zero attached hydrogens (tertiary/aromatic N) is 1. The minimum absolute atomic E-state index is 0.0106. The fraction of sp³-hybridized carbons (Fsp3) is 0.409. The van der Waals surface area contributed by atoms with E-state index >= 15 is 0 Å². The van der Waals surface area contributed by atoms with Crippen LogP contribution in [0.1, 0.15) is 23.6 Å². The van der Waals surface area contributed by atoms with Crippen molar-refractivity contribution in [2.75, 3.05) is 26.7 Å². The van der Waals surface area contributed by atoms with Crippen LogP contribution < -0.4 is 10.1 Å². The number of fused-ring (bicyclic) bond motifs is 1. The predicted octanol–water partition coefficient (Wildman–Crippen LogP) is 3.33. The highest BCUT2D eigenvalue weighted by atomic mass is 19.1. The number of likely N-dealkylation sites (tertiary alicyclic amines) is 1. The molecule has 4 rings (SSSR count). The highest BCUT2D eigenvalue weighted by Crippen LogP contribution is 2.43. The van der Waals surface area contributed by atoms with E-state index < -0.39 is 11.6 Å². The van der Waals surface area contributed by atoms with E-state index in [2.05, 4.69) is 5.32 Å². The van der Waals surface area contributed by atoms with Gasteiger partial charge in [0.25, 0.3) is 0 Å². The fourth-order valence-electron chi connectivity index (χ4n) is 4.51. The highest BCUT2D eigenvalue weighted by molar-refractivity contribution is 5.77. The van der Waals surface area contributed by atoms with Crippen molar-refractivity contribution in [2.24, 2.45) is 11.8 Å². The highest BCUT2D eigenvalue weighted by Gasteiger charge is 2.46. The summed E-state index contributed by atoms with van der Waals surface area (Å²) in [6.45, 7) is 2.50. The molecule has 1 amide bonds. The van der Waals surface area contributed by atoms with Gasteiger partial charge in [-0.15, -0.1) is 0 Å². The molecule has 28 heavy (non-hydrogen) atoms. The van der Waals surface area contributed by atoms with Crippen molar-refractivity contribution < 1.29 is 18.3 Å². The molecule has 2 saturated heterocycles. The van der Waals surface area contributed by atoms with Gasteiger partial charge in [0.05, 0.1) is 13.2 Å². The Kier molecular flexibility index (Phi) is 5.31. The molecule has 0 radical (unpaired) electrons. The maximum atomic E-state index is 13.9. The molecular formula is C22H24F2N2O2. The Labute approximate surface area is 163 Å². The summed E-state index contributed by atoms with van der Waals surface area (Å²) < 4.78 is 32.2. The van der Waals surface area contributed by atoms with E-state index in [1.54, 1.807) is 7.11 Å². The van der Waals surface area contributed by atoms with Crippen molar-refractivity contribution in [1.82, 2.24) is 10.2 Å². The molecule has 2 aliphatic heterocycles. The first kappa shape index (κ1) is 18.9. The molecule has 0 unspecified atom stereocenters. The monoisotopic (exact) mass is 386 g/mol. The third-order valence-corrected chi connectivity index (χ3v) is 5.97. The zero-order valence-corrected chi connectivity index (χ0v) is 15.8. The van der Waals surface area contributed by atoms with Gasteiger partial charge in [-0.25, -0.2) is 8.78 Å². The van der Waals surface area contributed by atoms with Gasteiger partial charge in [-0.3, -0.25) is 4.79 Å². The number of carbonyl (C=O) groups excluding carboxylic acids is 1. The first-order chi connectivity index (χ1) is 13.6. The molecule has 2 aromatic carbocycles. The van der Waals surface area contributed by atoms with Crippen LogP contribution in [0.25, 0.3) is 0 Å². The minimum Gasteiger partial charge on any atom is -0.497 e. The topological polar surface area (TPSA) is 41.6 Å². The normalized spacial score (nSPS) is 23.7. The second kappa shape index (κ2) is 7.87. The zero-order valence-electron chi connectivity index (χ0n) is 15.8. The molecule has 0 spiro atoms. The van der Waals surface area contributed by atoms with Gasteiger partial charge in [0, 0.05) is 38.0 Å². The largest absolute Gasteiger partial charge is 0.497 e. The standard InChI is InChI=1S/C22H24F2N2O2/c1-28-18-7-3-15(4-8-18)22-19-12-25-11-16(19)13-26(22)21(27)9-5-14-2-6-17(23)10-20(14)24/h2-4,6-8,10,16,19,22,25H,5,9,11-13H2,1H3/t16-,19-,22-/m0/s1. The predicted molar refractivity (Wildman–Crippen MR) is 102 cm³/mol. The summed E-state index contributed by atoms with van der Waals surface area (Å²) in [5, 5.41) is 3.43. The van der Waals surface area contributed by atoms with Gasteiger partial charge in [0.2, 0.25) is 5.91 Å². The van der Waals surface area contributed by atoms with Crippen LogP contribution in [0.4, 0.5) is 8.78 Å². The van der Waals surface area contributed by atoms with E-state index in [-0.39, 0.29) is 24.8 Å². The summed E-state index contributed by atoms with van der Waals surface area (Å²) in [6.07, 6.45) is 0.479. The lowest BCUT2D eigenvalue weighted by molar-refractivity contribution is -0.132. The number of hydrogen-bond donors (Lipinski definition) is 1. The number of carbonyl (C=O) groups is 1. The lowest BCUT2D eigenvalue weighted by Gasteiger charge is -2.28. The maximum absolute atomic E-state index is 13.9. The molecule has 2 heterocycles. The molecule has 6 heteroatoms. The summed E-state index contributed by atoms with van der Waals surface area (Å²) >= 11 is 0. The second-order valence-electron chi connectivity index (χ2n) is 7.58. The number of rotatable bonds is 5. The SMILES string of the molecule is COc1ccc([C@H]2[C@H]3CNC[C@H]3CN2C(=O)CCc2ccc(F)cc2F)cc1. The van der Waals surface area contributed by atoms with E-state index in [1.807, 2.05) is 29.2 Å². The number of nitrogens with one attached hydrogen (secondary N) is 1. The van der Waals surface area contributed by atoms with Crippen molar-refractivity contribution in [3.63, 3.8) is 0 Å². The van der Waals surface area contributed by atoms with Gasteiger partial charge < -0.3 is 15.0 Å².